The lowest BCUT2D eigenvalue weighted by Gasteiger charge is -2.30. The summed E-state index contributed by atoms with van der Waals surface area (Å²) in [5, 5.41) is 13.0. The topological polar surface area (TPSA) is 127 Å². The quantitative estimate of drug-likeness (QED) is 0.197. The van der Waals surface area contributed by atoms with E-state index in [0.717, 1.165) is 16.6 Å². The molecule has 2 aromatic rings. The molecule has 0 saturated carbocycles. The number of nitro benzene ring substituents is 1. The van der Waals surface area contributed by atoms with Crippen LogP contribution in [0.4, 0.5) is 5.69 Å². The molecule has 35 heavy (non-hydrogen) atoms. The van der Waals surface area contributed by atoms with E-state index in [2.05, 4.69) is 0 Å². The SMILES string of the molecule is COc1ccc(C(=O)CN(C(=O)c2ccccc2[N+](=O)[O-])N2C(=O)[C@H]3CC=C(C)C[C@@H]3C2=O)cc1. The van der Waals surface area contributed by atoms with E-state index < -0.39 is 52.5 Å². The number of allylic oxidation sites excluding steroid dienone is 2. The number of ketones is 1. The first kappa shape index (κ1) is 23.8. The predicted octanol–water partition coefficient (Wildman–Crippen LogP) is 3.18. The Kier molecular flexibility index (Phi) is 6.46. The fourth-order valence-corrected chi connectivity index (χ4v) is 4.45. The van der Waals surface area contributed by atoms with Crippen LogP contribution in [0.15, 0.2) is 60.2 Å². The van der Waals surface area contributed by atoms with E-state index >= 15 is 0 Å². The number of methoxy groups -OCH3 is 1. The highest BCUT2D eigenvalue weighted by atomic mass is 16.6. The summed E-state index contributed by atoms with van der Waals surface area (Å²) in [5.74, 6) is -3.51. The average Bonchev–Trinajstić information content (AvgIpc) is 3.10. The number of nitrogens with zero attached hydrogens (tertiary/aromatic N) is 3. The molecule has 2 aliphatic rings. The molecule has 2 aromatic carbocycles. The van der Waals surface area contributed by atoms with Gasteiger partial charge < -0.3 is 4.74 Å². The molecule has 1 fully saturated rings. The van der Waals surface area contributed by atoms with Crippen LogP contribution in [0, 0.1) is 22.0 Å². The molecule has 4 rings (SSSR count). The van der Waals surface area contributed by atoms with Crippen molar-refractivity contribution in [1.29, 1.82) is 0 Å². The molecule has 180 valence electrons. The summed E-state index contributed by atoms with van der Waals surface area (Å²) in [6.45, 7) is 1.21. The number of imide groups is 1. The molecule has 1 saturated heterocycles. The number of hydrogen-bond donors (Lipinski definition) is 0. The minimum Gasteiger partial charge on any atom is -0.497 e. The zero-order valence-corrected chi connectivity index (χ0v) is 19.2. The minimum absolute atomic E-state index is 0.222. The number of fused-ring (bicyclic) bond motifs is 1. The Morgan fingerprint density at radius 1 is 1.09 bits per heavy atom. The number of carbonyl (C=O) groups is 4. The summed E-state index contributed by atoms with van der Waals surface area (Å²) in [6.07, 6.45) is 2.59. The maximum atomic E-state index is 13.6. The van der Waals surface area contributed by atoms with Crippen LogP contribution in [-0.4, -0.2) is 52.1 Å². The zero-order valence-electron chi connectivity index (χ0n) is 19.2. The number of amides is 3. The van der Waals surface area contributed by atoms with Gasteiger partial charge in [-0.15, -0.1) is 0 Å². The number of para-hydroxylation sites is 1. The fourth-order valence-electron chi connectivity index (χ4n) is 4.45. The van der Waals surface area contributed by atoms with Crippen molar-refractivity contribution in [1.82, 2.24) is 10.0 Å². The van der Waals surface area contributed by atoms with Crippen molar-refractivity contribution in [2.45, 2.75) is 19.8 Å². The summed E-state index contributed by atoms with van der Waals surface area (Å²) in [7, 11) is 1.48. The second-order valence-electron chi connectivity index (χ2n) is 8.48. The van der Waals surface area contributed by atoms with Gasteiger partial charge >= 0.3 is 0 Å². The number of benzene rings is 2. The van der Waals surface area contributed by atoms with E-state index in [4.69, 9.17) is 4.74 Å². The fraction of sp³-hybridized carbons (Fsp3) is 0.280. The Labute approximate surface area is 200 Å². The van der Waals surface area contributed by atoms with Crippen LogP contribution in [0.1, 0.15) is 40.5 Å². The summed E-state index contributed by atoms with van der Waals surface area (Å²) < 4.78 is 5.09. The summed E-state index contributed by atoms with van der Waals surface area (Å²) in [4.78, 5) is 64.1. The van der Waals surface area contributed by atoms with Crippen LogP contribution in [0.5, 0.6) is 5.75 Å². The van der Waals surface area contributed by atoms with Gasteiger partial charge in [-0.25, -0.2) is 5.01 Å². The first-order valence-corrected chi connectivity index (χ1v) is 11.0. The van der Waals surface area contributed by atoms with E-state index in [9.17, 15) is 29.3 Å². The summed E-state index contributed by atoms with van der Waals surface area (Å²) in [5.41, 5.74) is 0.360. The molecule has 0 N–H and O–H groups in total. The third kappa shape index (κ3) is 4.42. The van der Waals surface area contributed by atoms with Gasteiger partial charge in [0.1, 0.15) is 17.9 Å². The van der Waals surface area contributed by atoms with E-state index in [1.807, 2.05) is 13.0 Å². The lowest BCUT2D eigenvalue weighted by atomic mass is 9.82. The second-order valence-corrected chi connectivity index (χ2v) is 8.48. The van der Waals surface area contributed by atoms with Crippen molar-refractivity contribution in [2.75, 3.05) is 13.7 Å². The van der Waals surface area contributed by atoms with Gasteiger partial charge in [0.15, 0.2) is 5.78 Å². The number of nitro groups is 1. The van der Waals surface area contributed by atoms with Gasteiger partial charge in [-0.3, -0.25) is 29.3 Å². The number of hydrogen-bond acceptors (Lipinski definition) is 7. The molecule has 0 bridgehead atoms. The van der Waals surface area contributed by atoms with Crippen LogP contribution < -0.4 is 4.74 Å². The summed E-state index contributed by atoms with van der Waals surface area (Å²) >= 11 is 0. The Bertz CT molecular complexity index is 1250. The lowest BCUT2D eigenvalue weighted by molar-refractivity contribution is -0.385. The molecular weight excluding hydrogens is 454 g/mol. The first-order chi connectivity index (χ1) is 16.7. The summed E-state index contributed by atoms with van der Waals surface area (Å²) in [6, 6.07) is 11.3. The van der Waals surface area contributed by atoms with Gasteiger partial charge in [-0.2, -0.15) is 5.01 Å². The van der Waals surface area contributed by atoms with Crippen molar-refractivity contribution in [3.05, 3.63) is 81.4 Å². The highest BCUT2D eigenvalue weighted by molar-refractivity contribution is 6.10. The van der Waals surface area contributed by atoms with Crippen LogP contribution in [0.2, 0.25) is 0 Å². The van der Waals surface area contributed by atoms with Crippen molar-refractivity contribution < 1.29 is 28.8 Å². The molecule has 3 amide bonds. The smallest absolute Gasteiger partial charge is 0.282 e. The molecule has 2 atom stereocenters. The highest BCUT2D eigenvalue weighted by Gasteiger charge is 2.52. The molecule has 0 aromatic heterocycles. The Balaban J connectivity index is 1.73. The number of rotatable bonds is 7. The molecule has 10 nitrogen and oxygen atoms in total. The third-order valence-electron chi connectivity index (χ3n) is 6.31. The van der Waals surface area contributed by atoms with E-state index in [1.165, 1.54) is 37.4 Å². The van der Waals surface area contributed by atoms with E-state index in [0.29, 0.717) is 23.6 Å². The maximum absolute atomic E-state index is 13.6. The van der Waals surface area contributed by atoms with Crippen LogP contribution in [0.25, 0.3) is 0 Å². The monoisotopic (exact) mass is 477 g/mol. The first-order valence-electron chi connectivity index (χ1n) is 11.0. The zero-order chi connectivity index (χ0) is 25.3. The van der Waals surface area contributed by atoms with Gasteiger partial charge in [-0.1, -0.05) is 23.8 Å². The van der Waals surface area contributed by atoms with E-state index in [-0.39, 0.29) is 11.1 Å². The molecule has 10 heteroatoms. The van der Waals surface area contributed by atoms with Crippen molar-refractivity contribution in [3.8, 4) is 5.75 Å². The van der Waals surface area contributed by atoms with Gasteiger partial charge in [0, 0.05) is 11.6 Å². The Hall–Kier alpha value is -4.34. The van der Waals surface area contributed by atoms with Gasteiger partial charge in [-0.05, 0) is 50.1 Å². The molecular formula is C25H23N3O7. The predicted molar refractivity (Wildman–Crippen MR) is 123 cm³/mol. The van der Waals surface area contributed by atoms with Crippen LogP contribution >= 0.6 is 0 Å². The van der Waals surface area contributed by atoms with Crippen molar-refractivity contribution >= 4 is 29.2 Å². The molecule has 0 radical (unpaired) electrons. The largest absolute Gasteiger partial charge is 0.497 e. The van der Waals surface area contributed by atoms with Crippen LogP contribution in [-0.2, 0) is 9.59 Å². The number of Topliss-reactive ketones (excluding diaryl/α,β-unsaturated/α-hetero) is 1. The second kappa shape index (κ2) is 9.49. The number of carbonyl (C=O) groups excluding carboxylic acids is 4. The number of hydrazine groups is 1. The molecule has 1 heterocycles. The molecule has 0 unspecified atom stereocenters. The third-order valence-corrected chi connectivity index (χ3v) is 6.31. The van der Waals surface area contributed by atoms with Crippen LogP contribution in [0.3, 0.4) is 0 Å². The van der Waals surface area contributed by atoms with E-state index in [1.54, 1.807) is 12.1 Å². The number of ether oxygens (including phenoxy) is 1. The normalized spacial score (nSPS) is 19.1. The average molecular weight is 477 g/mol. The van der Waals surface area contributed by atoms with Gasteiger partial charge in [0.2, 0.25) is 0 Å². The Morgan fingerprint density at radius 2 is 1.74 bits per heavy atom. The van der Waals surface area contributed by atoms with Gasteiger partial charge in [0.05, 0.1) is 23.9 Å². The Morgan fingerprint density at radius 3 is 2.40 bits per heavy atom. The van der Waals surface area contributed by atoms with Gasteiger partial charge in [0.25, 0.3) is 23.4 Å². The molecule has 0 spiro atoms. The molecule has 1 aliphatic carbocycles. The maximum Gasteiger partial charge on any atom is 0.282 e. The standard InChI is InChI=1S/C25H23N3O7/c1-15-7-12-18-20(13-15)25(32)27(24(18)31)26(14-22(29)16-8-10-17(35-2)11-9-16)23(30)19-5-3-4-6-21(19)28(33)34/h3-11,18,20H,12-14H2,1-2H3/t18-,20-/m0/s1. The lowest BCUT2D eigenvalue weighted by Crippen LogP contribution is -2.52. The minimum atomic E-state index is -0.982. The van der Waals surface area contributed by atoms with Crippen molar-refractivity contribution in [2.24, 2.45) is 11.8 Å². The van der Waals surface area contributed by atoms with Crippen molar-refractivity contribution in [3.63, 3.8) is 0 Å². The highest BCUT2D eigenvalue weighted by Crippen LogP contribution is 2.39. The molecule has 1 aliphatic heterocycles.